The maximum Gasteiger partial charge on any atom is 0.314 e. The Kier molecular flexibility index (Phi) is 4.41. The molecule has 1 aliphatic heterocycles. The third kappa shape index (κ3) is 2.82. The summed E-state index contributed by atoms with van der Waals surface area (Å²) < 4.78 is 5.27. The highest BCUT2D eigenvalue weighted by Crippen LogP contribution is 2.40. The van der Waals surface area contributed by atoms with E-state index in [9.17, 15) is 4.79 Å². The van der Waals surface area contributed by atoms with E-state index in [1.165, 1.54) is 6.20 Å². The summed E-state index contributed by atoms with van der Waals surface area (Å²) in [4.78, 5) is 22.7. The second kappa shape index (κ2) is 6.08. The Morgan fingerprint density at radius 3 is 2.81 bits per heavy atom. The second-order valence-corrected chi connectivity index (χ2v) is 5.57. The van der Waals surface area contributed by atoms with Crippen LogP contribution >= 0.6 is 0 Å². The van der Waals surface area contributed by atoms with E-state index in [-0.39, 0.29) is 11.9 Å². The number of hydrogen-bond donors (Lipinski definition) is 0. The van der Waals surface area contributed by atoms with Crippen molar-refractivity contribution in [3.63, 3.8) is 0 Å². The largest absolute Gasteiger partial charge is 0.466 e. The Hall–Kier alpha value is -2.16. The van der Waals surface area contributed by atoms with Crippen molar-refractivity contribution in [3.8, 4) is 6.07 Å². The minimum absolute atomic E-state index is 0.135. The molecule has 21 heavy (non-hydrogen) atoms. The molecule has 0 radical (unpaired) electrons. The summed E-state index contributed by atoms with van der Waals surface area (Å²) in [5.41, 5.74) is -0.204. The van der Waals surface area contributed by atoms with Crippen molar-refractivity contribution in [1.82, 2.24) is 9.97 Å². The van der Waals surface area contributed by atoms with Gasteiger partial charge in [0.15, 0.2) is 5.69 Å². The smallest absolute Gasteiger partial charge is 0.314 e. The minimum Gasteiger partial charge on any atom is -0.466 e. The lowest BCUT2D eigenvalue weighted by Gasteiger charge is -2.30. The molecular weight excluding hydrogens is 268 g/mol. The molecule has 1 saturated heterocycles. The molecule has 0 N–H and O–H groups in total. The molecule has 0 aliphatic carbocycles. The number of carbonyl (C=O) groups is 1. The summed E-state index contributed by atoms with van der Waals surface area (Å²) in [6, 6.07) is 1.95. The Morgan fingerprint density at radius 2 is 2.29 bits per heavy atom. The van der Waals surface area contributed by atoms with Gasteiger partial charge in [-0.1, -0.05) is 13.8 Å². The second-order valence-electron chi connectivity index (χ2n) is 5.57. The molecule has 1 unspecified atom stereocenters. The molecule has 0 saturated carbocycles. The van der Waals surface area contributed by atoms with Crippen LogP contribution in [-0.2, 0) is 9.53 Å². The molecule has 0 aromatic carbocycles. The predicted molar refractivity (Wildman–Crippen MR) is 77.5 cm³/mol. The number of ether oxygens (including phenoxy) is 1. The quantitative estimate of drug-likeness (QED) is 0.786. The molecule has 0 spiro atoms. The van der Waals surface area contributed by atoms with Crippen molar-refractivity contribution in [2.75, 3.05) is 24.6 Å². The molecule has 6 heteroatoms. The summed E-state index contributed by atoms with van der Waals surface area (Å²) in [6.45, 7) is 7.62. The van der Waals surface area contributed by atoms with Crippen molar-refractivity contribution in [1.29, 1.82) is 5.26 Å². The van der Waals surface area contributed by atoms with Crippen LogP contribution in [0.15, 0.2) is 12.4 Å². The zero-order chi connectivity index (χ0) is 15.5. The molecular formula is C15H20N4O2. The molecule has 6 nitrogen and oxygen atoms in total. The average molecular weight is 288 g/mol. The zero-order valence-corrected chi connectivity index (χ0v) is 12.7. The van der Waals surface area contributed by atoms with Gasteiger partial charge in [-0.05, 0) is 19.3 Å². The van der Waals surface area contributed by atoms with Crippen LogP contribution in [0.5, 0.6) is 0 Å². The summed E-state index contributed by atoms with van der Waals surface area (Å²) in [5, 5.41) is 8.75. The number of anilines is 1. The van der Waals surface area contributed by atoms with Gasteiger partial charge in [-0.3, -0.25) is 4.79 Å². The first-order valence-electron chi connectivity index (χ1n) is 7.18. The number of carbonyl (C=O) groups excluding carboxylic acids is 1. The Labute approximate surface area is 124 Å². The van der Waals surface area contributed by atoms with E-state index < -0.39 is 5.41 Å². The monoisotopic (exact) mass is 288 g/mol. The fourth-order valence-electron chi connectivity index (χ4n) is 2.72. The number of nitriles is 1. The van der Waals surface area contributed by atoms with E-state index in [0.717, 1.165) is 13.0 Å². The maximum absolute atomic E-state index is 12.4. The van der Waals surface area contributed by atoms with E-state index in [1.54, 1.807) is 6.20 Å². The van der Waals surface area contributed by atoms with Crippen LogP contribution in [0.25, 0.3) is 0 Å². The van der Waals surface area contributed by atoms with Gasteiger partial charge >= 0.3 is 5.97 Å². The van der Waals surface area contributed by atoms with Crippen LogP contribution < -0.4 is 4.90 Å². The van der Waals surface area contributed by atoms with E-state index >= 15 is 0 Å². The van der Waals surface area contributed by atoms with E-state index in [0.29, 0.717) is 24.7 Å². The number of nitrogens with zero attached hydrogens (tertiary/aromatic N) is 4. The zero-order valence-electron chi connectivity index (χ0n) is 12.7. The van der Waals surface area contributed by atoms with Gasteiger partial charge < -0.3 is 9.64 Å². The Bertz CT molecular complexity index is 550. The van der Waals surface area contributed by atoms with Crippen LogP contribution in [0.1, 0.15) is 32.9 Å². The summed E-state index contributed by atoms with van der Waals surface area (Å²) in [6.07, 6.45) is 3.78. The molecule has 2 rings (SSSR count). The number of esters is 1. The first kappa shape index (κ1) is 15.2. The highest BCUT2D eigenvalue weighted by Gasteiger charge is 2.48. The fraction of sp³-hybridized carbons (Fsp3) is 0.600. The lowest BCUT2D eigenvalue weighted by Crippen LogP contribution is -2.40. The SMILES string of the molecule is CCOC(=O)C1(C(C)C)CCN(c2cnc(C#N)cn2)C1. The van der Waals surface area contributed by atoms with Crippen LogP contribution in [0, 0.1) is 22.7 Å². The molecule has 1 aromatic rings. The molecule has 1 fully saturated rings. The molecule has 2 heterocycles. The number of rotatable bonds is 4. The third-order valence-electron chi connectivity index (χ3n) is 4.16. The highest BCUT2D eigenvalue weighted by molar-refractivity contribution is 5.79. The minimum atomic E-state index is -0.494. The van der Waals surface area contributed by atoms with Gasteiger partial charge in [0.25, 0.3) is 0 Å². The van der Waals surface area contributed by atoms with Gasteiger partial charge in [0, 0.05) is 13.1 Å². The van der Waals surface area contributed by atoms with Crippen molar-refractivity contribution in [2.45, 2.75) is 27.2 Å². The summed E-state index contributed by atoms with van der Waals surface area (Å²) in [7, 11) is 0. The highest BCUT2D eigenvalue weighted by atomic mass is 16.5. The molecule has 1 atom stereocenters. The Morgan fingerprint density at radius 1 is 1.52 bits per heavy atom. The first-order chi connectivity index (χ1) is 10.0. The standard InChI is InChI=1S/C15H20N4O2/c1-4-21-14(20)15(11(2)3)5-6-19(10-15)13-9-17-12(7-16)8-18-13/h8-9,11H,4-6,10H2,1-3H3. The van der Waals surface area contributed by atoms with Crippen LogP contribution in [0.2, 0.25) is 0 Å². The van der Waals surface area contributed by atoms with Gasteiger partial charge in [-0.15, -0.1) is 0 Å². The van der Waals surface area contributed by atoms with Gasteiger partial charge in [-0.2, -0.15) is 5.26 Å². The van der Waals surface area contributed by atoms with Crippen LogP contribution in [0.4, 0.5) is 5.82 Å². The van der Waals surface area contributed by atoms with Gasteiger partial charge in [0.2, 0.25) is 0 Å². The van der Waals surface area contributed by atoms with Gasteiger partial charge in [-0.25, -0.2) is 9.97 Å². The fourth-order valence-corrected chi connectivity index (χ4v) is 2.72. The van der Waals surface area contributed by atoms with Gasteiger partial charge in [0.1, 0.15) is 11.9 Å². The molecule has 1 aliphatic rings. The van der Waals surface area contributed by atoms with Crippen molar-refractivity contribution < 1.29 is 9.53 Å². The first-order valence-corrected chi connectivity index (χ1v) is 7.18. The lowest BCUT2D eigenvalue weighted by atomic mass is 9.76. The molecule has 112 valence electrons. The summed E-state index contributed by atoms with van der Waals surface area (Å²) >= 11 is 0. The maximum atomic E-state index is 12.4. The van der Waals surface area contributed by atoms with Crippen molar-refractivity contribution >= 4 is 11.8 Å². The van der Waals surface area contributed by atoms with E-state index in [2.05, 4.69) is 9.97 Å². The average Bonchev–Trinajstić information content (AvgIpc) is 2.94. The number of aromatic nitrogens is 2. The summed E-state index contributed by atoms with van der Waals surface area (Å²) in [5.74, 6) is 0.748. The topological polar surface area (TPSA) is 79.1 Å². The molecule has 1 aromatic heterocycles. The van der Waals surface area contributed by atoms with Gasteiger partial charge in [0.05, 0.1) is 24.4 Å². The van der Waals surface area contributed by atoms with Crippen molar-refractivity contribution in [2.24, 2.45) is 11.3 Å². The van der Waals surface area contributed by atoms with Crippen molar-refractivity contribution in [3.05, 3.63) is 18.1 Å². The normalized spacial score (nSPS) is 21.4. The molecule has 0 amide bonds. The lowest BCUT2D eigenvalue weighted by molar-refractivity contribution is -0.156. The van der Waals surface area contributed by atoms with E-state index in [4.69, 9.17) is 10.00 Å². The predicted octanol–water partition coefficient (Wildman–Crippen LogP) is 1.76. The number of hydrogen-bond acceptors (Lipinski definition) is 6. The van der Waals surface area contributed by atoms with Crippen LogP contribution in [-0.4, -0.2) is 35.6 Å². The Balaban J connectivity index is 2.19. The molecule has 0 bridgehead atoms. The third-order valence-corrected chi connectivity index (χ3v) is 4.16. The van der Waals surface area contributed by atoms with Crippen LogP contribution in [0.3, 0.4) is 0 Å². The van der Waals surface area contributed by atoms with E-state index in [1.807, 2.05) is 31.7 Å².